The summed E-state index contributed by atoms with van der Waals surface area (Å²) in [5.41, 5.74) is -0.586. The molecule has 2 heterocycles. The quantitative estimate of drug-likeness (QED) is 0.902. The molecule has 1 amide bonds. The highest BCUT2D eigenvalue weighted by Crippen LogP contribution is 2.36. The SMILES string of the molecule is Cn1cc(CNC(=O)c2nn(C)c(C(F)(F)F)c2Br)cn1. The minimum atomic E-state index is -4.59. The number of nitrogens with zero attached hydrogens (tertiary/aromatic N) is 4. The minimum Gasteiger partial charge on any atom is -0.346 e. The van der Waals surface area contributed by atoms with Gasteiger partial charge in [-0.3, -0.25) is 14.2 Å². The van der Waals surface area contributed by atoms with Gasteiger partial charge in [0.05, 0.1) is 10.7 Å². The Morgan fingerprint density at radius 1 is 1.43 bits per heavy atom. The summed E-state index contributed by atoms with van der Waals surface area (Å²) in [5, 5.41) is 10.0. The first-order valence-corrected chi connectivity index (χ1v) is 6.55. The topological polar surface area (TPSA) is 64.7 Å². The van der Waals surface area contributed by atoms with Gasteiger partial charge in [0.15, 0.2) is 11.4 Å². The molecule has 2 rings (SSSR count). The number of carbonyl (C=O) groups excluding carboxylic acids is 1. The third kappa shape index (κ3) is 3.26. The number of amides is 1. The lowest BCUT2D eigenvalue weighted by atomic mass is 10.3. The van der Waals surface area contributed by atoms with Crippen molar-refractivity contribution in [1.82, 2.24) is 24.9 Å². The van der Waals surface area contributed by atoms with Crippen LogP contribution in [0.15, 0.2) is 16.9 Å². The number of nitrogens with one attached hydrogen (secondary N) is 1. The Morgan fingerprint density at radius 3 is 2.57 bits per heavy atom. The highest BCUT2D eigenvalue weighted by Gasteiger charge is 2.39. The third-order valence-electron chi connectivity index (χ3n) is 2.68. The van der Waals surface area contributed by atoms with Crippen molar-refractivity contribution in [3.63, 3.8) is 0 Å². The molecule has 21 heavy (non-hydrogen) atoms. The fourth-order valence-electron chi connectivity index (χ4n) is 1.78. The van der Waals surface area contributed by atoms with Crippen LogP contribution in [-0.4, -0.2) is 25.5 Å². The Kier molecular flexibility index (Phi) is 4.08. The molecule has 0 atom stereocenters. The molecule has 1 N–H and O–H groups in total. The summed E-state index contributed by atoms with van der Waals surface area (Å²) >= 11 is 2.79. The molecule has 2 aromatic heterocycles. The number of rotatable bonds is 3. The molecule has 0 saturated heterocycles. The second-order valence-corrected chi connectivity index (χ2v) is 5.13. The van der Waals surface area contributed by atoms with Crippen LogP contribution in [0, 0.1) is 0 Å². The monoisotopic (exact) mass is 365 g/mol. The zero-order valence-corrected chi connectivity index (χ0v) is 12.7. The van der Waals surface area contributed by atoms with E-state index in [1.807, 2.05) is 0 Å². The van der Waals surface area contributed by atoms with Crippen molar-refractivity contribution >= 4 is 21.8 Å². The van der Waals surface area contributed by atoms with Crippen molar-refractivity contribution in [2.45, 2.75) is 12.7 Å². The standard InChI is InChI=1S/C11H11BrF3N5O/c1-19-5-6(4-17-19)3-16-10(21)8-7(12)9(11(13,14)15)20(2)18-8/h4-5H,3H2,1-2H3,(H,16,21). The molecule has 6 nitrogen and oxygen atoms in total. The van der Waals surface area contributed by atoms with Crippen LogP contribution in [0.5, 0.6) is 0 Å². The fourth-order valence-corrected chi connectivity index (χ4v) is 2.52. The van der Waals surface area contributed by atoms with Crippen LogP contribution in [0.25, 0.3) is 0 Å². The molecule has 0 aliphatic heterocycles. The van der Waals surface area contributed by atoms with E-state index in [2.05, 4.69) is 31.4 Å². The van der Waals surface area contributed by atoms with E-state index in [1.54, 1.807) is 24.1 Å². The first-order chi connectivity index (χ1) is 9.70. The van der Waals surface area contributed by atoms with E-state index in [-0.39, 0.29) is 16.7 Å². The van der Waals surface area contributed by atoms with E-state index in [0.717, 1.165) is 12.6 Å². The number of hydrogen-bond acceptors (Lipinski definition) is 3. The number of carbonyl (C=O) groups is 1. The fraction of sp³-hybridized carbons (Fsp3) is 0.364. The van der Waals surface area contributed by atoms with Crippen LogP contribution in [0.3, 0.4) is 0 Å². The summed E-state index contributed by atoms with van der Waals surface area (Å²) in [4.78, 5) is 11.9. The van der Waals surface area contributed by atoms with Gasteiger partial charge in [-0.1, -0.05) is 0 Å². The van der Waals surface area contributed by atoms with E-state index < -0.39 is 17.8 Å². The molecule has 0 spiro atoms. The van der Waals surface area contributed by atoms with E-state index in [4.69, 9.17) is 0 Å². The van der Waals surface area contributed by atoms with Gasteiger partial charge in [0, 0.05) is 32.4 Å². The molecule has 0 aliphatic carbocycles. The normalized spacial score (nSPS) is 11.7. The van der Waals surface area contributed by atoms with Gasteiger partial charge in [-0.15, -0.1) is 0 Å². The minimum absolute atomic E-state index is 0.150. The van der Waals surface area contributed by atoms with Gasteiger partial charge in [-0.05, 0) is 15.9 Å². The van der Waals surface area contributed by atoms with Gasteiger partial charge in [-0.2, -0.15) is 23.4 Å². The van der Waals surface area contributed by atoms with Gasteiger partial charge in [0.2, 0.25) is 0 Å². The van der Waals surface area contributed by atoms with Crippen LogP contribution in [-0.2, 0) is 26.8 Å². The number of halogens is 4. The highest BCUT2D eigenvalue weighted by molar-refractivity contribution is 9.10. The Hall–Kier alpha value is -1.84. The molecule has 0 unspecified atom stereocenters. The van der Waals surface area contributed by atoms with E-state index >= 15 is 0 Å². The molecule has 0 radical (unpaired) electrons. The number of hydrogen-bond donors (Lipinski definition) is 1. The van der Waals surface area contributed by atoms with Crippen LogP contribution >= 0.6 is 15.9 Å². The van der Waals surface area contributed by atoms with Crippen LogP contribution < -0.4 is 5.32 Å². The van der Waals surface area contributed by atoms with E-state index in [9.17, 15) is 18.0 Å². The zero-order chi connectivity index (χ0) is 15.8. The molecule has 0 bridgehead atoms. The van der Waals surface area contributed by atoms with Crippen LogP contribution in [0.2, 0.25) is 0 Å². The van der Waals surface area contributed by atoms with Gasteiger partial charge < -0.3 is 5.32 Å². The van der Waals surface area contributed by atoms with Crippen molar-refractivity contribution in [2.75, 3.05) is 0 Å². The second-order valence-electron chi connectivity index (χ2n) is 4.34. The summed E-state index contributed by atoms with van der Waals surface area (Å²) in [6.45, 7) is 0.150. The maximum Gasteiger partial charge on any atom is 0.434 e. The summed E-state index contributed by atoms with van der Waals surface area (Å²) < 4.78 is 40.2. The van der Waals surface area contributed by atoms with E-state index in [1.165, 1.54) is 0 Å². The number of aromatic nitrogens is 4. The molecule has 2 aromatic rings. The predicted molar refractivity (Wildman–Crippen MR) is 70.3 cm³/mol. The molecule has 0 fully saturated rings. The lowest BCUT2D eigenvalue weighted by molar-refractivity contribution is -0.144. The Labute approximate surface area is 126 Å². The Morgan fingerprint density at radius 2 is 2.10 bits per heavy atom. The van der Waals surface area contributed by atoms with Crippen LogP contribution in [0.4, 0.5) is 13.2 Å². The van der Waals surface area contributed by atoms with Crippen molar-refractivity contribution in [2.24, 2.45) is 14.1 Å². The van der Waals surface area contributed by atoms with Gasteiger partial charge in [0.1, 0.15) is 0 Å². The summed E-state index contributed by atoms with van der Waals surface area (Å²) in [5.74, 6) is -0.697. The molecule has 10 heteroatoms. The highest BCUT2D eigenvalue weighted by atomic mass is 79.9. The zero-order valence-electron chi connectivity index (χ0n) is 11.1. The van der Waals surface area contributed by atoms with Crippen molar-refractivity contribution in [1.29, 1.82) is 0 Å². The Balaban J connectivity index is 2.17. The lowest BCUT2D eigenvalue weighted by Crippen LogP contribution is -2.23. The van der Waals surface area contributed by atoms with Gasteiger partial charge >= 0.3 is 6.18 Å². The van der Waals surface area contributed by atoms with E-state index in [0.29, 0.717) is 4.68 Å². The molecular weight excluding hydrogens is 355 g/mol. The molecule has 114 valence electrons. The lowest BCUT2D eigenvalue weighted by Gasteiger charge is -2.06. The van der Waals surface area contributed by atoms with Gasteiger partial charge in [-0.25, -0.2) is 0 Å². The largest absolute Gasteiger partial charge is 0.434 e. The smallest absolute Gasteiger partial charge is 0.346 e. The third-order valence-corrected chi connectivity index (χ3v) is 3.44. The maximum atomic E-state index is 12.8. The second kappa shape index (κ2) is 5.51. The molecule has 0 saturated carbocycles. The average Bonchev–Trinajstić information content (AvgIpc) is 2.89. The molecule has 0 aliphatic rings. The summed E-state index contributed by atoms with van der Waals surface area (Å²) in [6.07, 6.45) is -1.35. The maximum absolute atomic E-state index is 12.8. The van der Waals surface area contributed by atoms with Crippen LogP contribution in [0.1, 0.15) is 21.7 Å². The first-order valence-electron chi connectivity index (χ1n) is 5.75. The Bertz CT molecular complexity index is 676. The van der Waals surface area contributed by atoms with Crippen molar-refractivity contribution < 1.29 is 18.0 Å². The average molecular weight is 366 g/mol. The summed E-state index contributed by atoms with van der Waals surface area (Å²) in [7, 11) is 2.85. The predicted octanol–water partition coefficient (Wildman–Crippen LogP) is 1.86. The van der Waals surface area contributed by atoms with Crippen molar-refractivity contribution in [3.05, 3.63) is 33.8 Å². The molecular formula is C11H11BrF3N5O. The number of alkyl halides is 3. The first kappa shape index (κ1) is 15.5. The summed E-state index contributed by atoms with van der Waals surface area (Å²) in [6, 6.07) is 0. The molecule has 0 aromatic carbocycles. The number of aryl methyl sites for hydroxylation is 2. The van der Waals surface area contributed by atoms with Gasteiger partial charge in [0.25, 0.3) is 5.91 Å². The van der Waals surface area contributed by atoms with Crippen molar-refractivity contribution in [3.8, 4) is 0 Å².